The second-order valence-electron chi connectivity index (χ2n) is 5.17. The number of sulfone groups is 1. The number of hydrogen-bond donors (Lipinski definition) is 0. The van der Waals surface area contributed by atoms with E-state index in [1.54, 1.807) is 18.9 Å². The van der Waals surface area contributed by atoms with E-state index < -0.39 is 9.84 Å². The summed E-state index contributed by atoms with van der Waals surface area (Å²) in [6.45, 7) is 0.653. The van der Waals surface area contributed by atoms with Crippen LogP contribution in [0, 0.1) is 0 Å². The number of ether oxygens (including phenoxy) is 1. The molecular weight excluding hydrogens is 308 g/mol. The Kier molecular flexibility index (Phi) is 4.24. The molecule has 1 saturated heterocycles. The van der Waals surface area contributed by atoms with E-state index in [1.807, 2.05) is 30.3 Å². The first-order chi connectivity index (χ1) is 10.1. The third-order valence-corrected chi connectivity index (χ3v) is 6.29. The molecular formula is C14H18N2O3S2. The standard InChI is InChI=1S/C14H18N2O3S2/c1-19-7-8-20-14-15-12-9-21(17,18)10-13(12)16(14)11-5-3-2-4-6-11/h2-6,12-13H,7-10H2,1H3. The Morgan fingerprint density at radius 2 is 2.10 bits per heavy atom. The molecule has 1 aromatic carbocycles. The number of anilines is 1. The Balaban J connectivity index is 1.87. The van der Waals surface area contributed by atoms with E-state index in [-0.39, 0.29) is 23.6 Å². The molecule has 114 valence electrons. The van der Waals surface area contributed by atoms with Crippen molar-refractivity contribution in [3.8, 4) is 0 Å². The molecule has 2 atom stereocenters. The van der Waals surface area contributed by atoms with E-state index in [9.17, 15) is 8.42 Å². The SMILES string of the molecule is COCCSC1=NC2CS(=O)(=O)CC2N1c1ccccc1. The van der Waals surface area contributed by atoms with Crippen molar-refractivity contribution >= 4 is 32.5 Å². The number of fused-ring (bicyclic) bond motifs is 1. The van der Waals surface area contributed by atoms with Gasteiger partial charge >= 0.3 is 0 Å². The zero-order valence-electron chi connectivity index (χ0n) is 11.8. The minimum Gasteiger partial charge on any atom is -0.384 e. The van der Waals surface area contributed by atoms with Gasteiger partial charge in [-0.3, -0.25) is 4.99 Å². The molecule has 0 spiro atoms. The third kappa shape index (κ3) is 3.09. The molecule has 0 aliphatic carbocycles. The first-order valence-corrected chi connectivity index (χ1v) is 9.66. The Hall–Kier alpha value is -1.05. The maximum Gasteiger partial charge on any atom is 0.164 e. The third-order valence-electron chi connectivity index (χ3n) is 3.66. The minimum atomic E-state index is -2.98. The number of thioether (sulfide) groups is 1. The summed E-state index contributed by atoms with van der Waals surface area (Å²) in [5.41, 5.74) is 1.01. The molecule has 5 nitrogen and oxygen atoms in total. The number of hydrogen-bond acceptors (Lipinski definition) is 6. The summed E-state index contributed by atoms with van der Waals surface area (Å²) in [4.78, 5) is 6.73. The van der Waals surface area contributed by atoms with Gasteiger partial charge < -0.3 is 9.64 Å². The lowest BCUT2D eigenvalue weighted by molar-refractivity contribution is 0.219. The first-order valence-electron chi connectivity index (χ1n) is 6.85. The van der Waals surface area contributed by atoms with Crippen LogP contribution in [0.25, 0.3) is 0 Å². The van der Waals surface area contributed by atoms with Gasteiger partial charge in [0, 0.05) is 18.6 Å². The Bertz CT molecular complexity index is 631. The van der Waals surface area contributed by atoms with E-state index >= 15 is 0 Å². The van der Waals surface area contributed by atoms with E-state index in [1.165, 1.54) is 0 Å². The van der Waals surface area contributed by atoms with Crippen molar-refractivity contribution in [1.29, 1.82) is 0 Å². The molecule has 1 fully saturated rings. The summed E-state index contributed by atoms with van der Waals surface area (Å²) in [6, 6.07) is 9.67. The fourth-order valence-electron chi connectivity index (χ4n) is 2.74. The molecule has 0 radical (unpaired) electrons. The van der Waals surface area contributed by atoms with Crippen LogP contribution in [0.5, 0.6) is 0 Å². The summed E-state index contributed by atoms with van der Waals surface area (Å²) in [6.07, 6.45) is 0. The van der Waals surface area contributed by atoms with Crippen molar-refractivity contribution in [3.05, 3.63) is 30.3 Å². The maximum absolute atomic E-state index is 11.9. The van der Waals surface area contributed by atoms with Crippen LogP contribution >= 0.6 is 11.8 Å². The number of aliphatic imine (C=N–C) groups is 1. The van der Waals surface area contributed by atoms with Crippen LogP contribution in [-0.4, -0.2) is 56.6 Å². The Labute approximate surface area is 129 Å². The number of amidine groups is 1. The highest BCUT2D eigenvalue weighted by Crippen LogP contribution is 2.34. The lowest BCUT2D eigenvalue weighted by Gasteiger charge is -2.26. The fraction of sp³-hybridized carbons (Fsp3) is 0.500. The highest BCUT2D eigenvalue weighted by Gasteiger charge is 2.46. The van der Waals surface area contributed by atoms with Crippen LogP contribution in [-0.2, 0) is 14.6 Å². The number of rotatable bonds is 4. The van der Waals surface area contributed by atoms with Crippen LogP contribution in [0.15, 0.2) is 35.3 Å². The van der Waals surface area contributed by atoms with E-state index in [0.717, 1.165) is 16.6 Å². The van der Waals surface area contributed by atoms with Crippen molar-refractivity contribution in [1.82, 2.24) is 0 Å². The zero-order chi connectivity index (χ0) is 14.9. The van der Waals surface area contributed by atoms with Gasteiger partial charge in [0.05, 0.1) is 30.2 Å². The Morgan fingerprint density at radius 3 is 2.81 bits per heavy atom. The van der Waals surface area contributed by atoms with Crippen LogP contribution < -0.4 is 4.90 Å². The lowest BCUT2D eigenvalue weighted by Crippen LogP contribution is -2.39. The molecule has 3 rings (SSSR count). The molecule has 7 heteroatoms. The summed E-state index contributed by atoms with van der Waals surface area (Å²) in [5, 5.41) is 0.906. The van der Waals surface area contributed by atoms with Crippen molar-refractivity contribution in [2.45, 2.75) is 12.1 Å². The average Bonchev–Trinajstić information content (AvgIpc) is 2.91. The highest BCUT2D eigenvalue weighted by molar-refractivity contribution is 8.14. The smallest absolute Gasteiger partial charge is 0.164 e. The average molecular weight is 326 g/mol. The van der Waals surface area contributed by atoms with Gasteiger partial charge in [0.15, 0.2) is 15.0 Å². The van der Waals surface area contributed by atoms with Gasteiger partial charge in [-0.25, -0.2) is 8.42 Å². The number of benzene rings is 1. The van der Waals surface area contributed by atoms with Crippen LogP contribution in [0.4, 0.5) is 5.69 Å². The van der Waals surface area contributed by atoms with E-state index in [4.69, 9.17) is 4.74 Å². The van der Waals surface area contributed by atoms with E-state index in [0.29, 0.717) is 6.61 Å². The molecule has 0 amide bonds. The van der Waals surface area contributed by atoms with Gasteiger partial charge in [0.2, 0.25) is 0 Å². The summed E-state index contributed by atoms with van der Waals surface area (Å²) < 4.78 is 28.8. The molecule has 0 bridgehead atoms. The number of para-hydroxylation sites is 1. The zero-order valence-corrected chi connectivity index (χ0v) is 13.4. The minimum absolute atomic E-state index is 0.0672. The predicted octanol–water partition coefficient (Wildman–Crippen LogP) is 1.41. The monoisotopic (exact) mass is 326 g/mol. The highest BCUT2D eigenvalue weighted by atomic mass is 32.2. The van der Waals surface area contributed by atoms with Crippen LogP contribution in [0.3, 0.4) is 0 Å². The summed E-state index contributed by atoms with van der Waals surface area (Å²) in [7, 11) is -1.30. The molecule has 2 aliphatic heterocycles. The van der Waals surface area contributed by atoms with Crippen LogP contribution in [0.1, 0.15) is 0 Å². The van der Waals surface area contributed by atoms with Crippen molar-refractivity contribution in [3.63, 3.8) is 0 Å². The second kappa shape index (κ2) is 5.98. The second-order valence-corrected chi connectivity index (χ2v) is 8.39. The molecule has 2 aliphatic rings. The van der Waals surface area contributed by atoms with Gasteiger partial charge in [-0.1, -0.05) is 30.0 Å². The van der Waals surface area contributed by atoms with Crippen molar-refractivity contribution < 1.29 is 13.2 Å². The number of nitrogens with zero attached hydrogens (tertiary/aromatic N) is 2. The maximum atomic E-state index is 11.9. The van der Waals surface area contributed by atoms with E-state index in [2.05, 4.69) is 9.89 Å². The summed E-state index contributed by atoms with van der Waals surface area (Å²) in [5.74, 6) is 1.16. The molecule has 0 saturated carbocycles. The molecule has 2 unspecified atom stereocenters. The molecule has 0 N–H and O–H groups in total. The normalized spacial score (nSPS) is 26.7. The van der Waals surface area contributed by atoms with Gasteiger partial charge in [0.1, 0.15) is 0 Å². The lowest BCUT2D eigenvalue weighted by atomic mass is 10.1. The molecule has 2 heterocycles. The Morgan fingerprint density at radius 1 is 1.33 bits per heavy atom. The molecule has 0 aromatic heterocycles. The van der Waals surface area contributed by atoms with Gasteiger partial charge in [-0.15, -0.1) is 0 Å². The fourth-order valence-corrected chi connectivity index (χ4v) is 5.61. The van der Waals surface area contributed by atoms with Crippen molar-refractivity contribution in [2.24, 2.45) is 4.99 Å². The van der Waals surface area contributed by atoms with Gasteiger partial charge in [-0.05, 0) is 12.1 Å². The predicted molar refractivity (Wildman–Crippen MR) is 86.9 cm³/mol. The van der Waals surface area contributed by atoms with Gasteiger partial charge in [0.25, 0.3) is 0 Å². The largest absolute Gasteiger partial charge is 0.384 e. The van der Waals surface area contributed by atoms with Crippen molar-refractivity contribution in [2.75, 3.05) is 35.9 Å². The molecule has 1 aromatic rings. The molecule has 21 heavy (non-hydrogen) atoms. The first kappa shape index (κ1) is 14.9. The quantitative estimate of drug-likeness (QED) is 0.783. The topological polar surface area (TPSA) is 59.0 Å². The summed E-state index contributed by atoms with van der Waals surface area (Å²) >= 11 is 1.62. The van der Waals surface area contributed by atoms with Gasteiger partial charge in [-0.2, -0.15) is 0 Å². The van der Waals surface area contributed by atoms with Crippen LogP contribution in [0.2, 0.25) is 0 Å². The number of methoxy groups -OCH3 is 1.